The molecule has 2 aromatic carbocycles. The Bertz CT molecular complexity index is 711. The standard InChI is InChI=1S/C8H7N.C8H10O2S.C2H6/c1-7-3-2-4-8(5-7)6-9;1-7-3-5-8(6-4-7)11(2,9)10;1-2/h2-5H,1H3;3-6H,1-2H3;1-2H3. The number of nitrogens with zero attached hydrogens (tertiary/aromatic N) is 1. The number of aryl methyl sites for hydroxylation is 2. The zero-order chi connectivity index (χ0) is 17.2. The lowest BCUT2D eigenvalue weighted by Crippen LogP contribution is -1.95. The molecule has 0 saturated heterocycles. The van der Waals surface area contributed by atoms with Gasteiger partial charge in [-0.15, -0.1) is 0 Å². The van der Waals surface area contributed by atoms with Gasteiger partial charge in [0.2, 0.25) is 0 Å². The molecule has 2 aromatic rings. The van der Waals surface area contributed by atoms with Crippen LogP contribution >= 0.6 is 0 Å². The molecule has 0 amide bonds. The van der Waals surface area contributed by atoms with Crippen LogP contribution in [0.4, 0.5) is 0 Å². The fourth-order valence-corrected chi connectivity index (χ4v) is 2.13. The molecule has 0 unspecified atom stereocenters. The van der Waals surface area contributed by atoms with Gasteiger partial charge >= 0.3 is 0 Å². The van der Waals surface area contributed by atoms with Crippen LogP contribution in [0.1, 0.15) is 30.5 Å². The van der Waals surface area contributed by atoms with Gasteiger partial charge in [-0.25, -0.2) is 8.42 Å². The second-order valence-corrected chi connectivity index (χ2v) is 6.58. The first kappa shape index (κ1) is 19.9. The average Bonchev–Trinajstić information content (AvgIpc) is 2.49. The Morgan fingerprint density at radius 2 is 1.45 bits per heavy atom. The lowest BCUT2D eigenvalue weighted by atomic mass is 10.2. The highest BCUT2D eigenvalue weighted by Gasteiger charge is 2.04. The van der Waals surface area contributed by atoms with Crippen molar-refractivity contribution >= 4 is 9.84 Å². The zero-order valence-electron chi connectivity index (χ0n) is 13.8. The molecule has 0 aliphatic carbocycles. The van der Waals surface area contributed by atoms with Crippen molar-refractivity contribution in [3.05, 3.63) is 65.2 Å². The highest BCUT2D eigenvalue weighted by Crippen LogP contribution is 2.08. The van der Waals surface area contributed by atoms with E-state index in [2.05, 4.69) is 6.07 Å². The van der Waals surface area contributed by atoms with E-state index in [1.165, 1.54) is 6.26 Å². The van der Waals surface area contributed by atoms with Crippen LogP contribution < -0.4 is 0 Å². The molecule has 0 aliphatic heterocycles. The fourth-order valence-electron chi connectivity index (χ4n) is 1.50. The largest absolute Gasteiger partial charge is 0.224 e. The summed E-state index contributed by atoms with van der Waals surface area (Å²) >= 11 is 0. The molecule has 0 atom stereocenters. The van der Waals surface area contributed by atoms with Crippen LogP contribution in [-0.4, -0.2) is 14.7 Å². The summed E-state index contributed by atoms with van der Waals surface area (Å²) in [4.78, 5) is 0.378. The summed E-state index contributed by atoms with van der Waals surface area (Å²) in [6.45, 7) is 7.90. The van der Waals surface area contributed by atoms with Gasteiger partial charge in [0.15, 0.2) is 9.84 Å². The van der Waals surface area contributed by atoms with Gasteiger partial charge in [-0.3, -0.25) is 0 Å². The van der Waals surface area contributed by atoms with E-state index < -0.39 is 9.84 Å². The lowest BCUT2D eigenvalue weighted by Gasteiger charge is -1.96. The SMILES string of the molecule is CC.Cc1ccc(S(C)(=O)=O)cc1.Cc1cccc(C#N)c1. The van der Waals surface area contributed by atoms with Gasteiger partial charge in [0.25, 0.3) is 0 Å². The van der Waals surface area contributed by atoms with Gasteiger partial charge in [0.1, 0.15) is 0 Å². The van der Waals surface area contributed by atoms with E-state index in [4.69, 9.17) is 5.26 Å². The smallest absolute Gasteiger partial charge is 0.175 e. The van der Waals surface area contributed by atoms with E-state index in [0.717, 1.165) is 16.7 Å². The normalized spacial score (nSPS) is 9.45. The Morgan fingerprint density at radius 3 is 1.82 bits per heavy atom. The van der Waals surface area contributed by atoms with E-state index >= 15 is 0 Å². The van der Waals surface area contributed by atoms with E-state index in [9.17, 15) is 8.42 Å². The van der Waals surface area contributed by atoms with Crippen LogP contribution in [0.2, 0.25) is 0 Å². The van der Waals surface area contributed by atoms with E-state index in [1.807, 2.05) is 45.9 Å². The molecule has 3 nitrogen and oxygen atoms in total. The van der Waals surface area contributed by atoms with Crippen molar-refractivity contribution in [1.82, 2.24) is 0 Å². The number of benzene rings is 2. The molecule has 0 radical (unpaired) electrons. The van der Waals surface area contributed by atoms with Crippen LogP contribution in [0.5, 0.6) is 0 Å². The molecule has 2 rings (SSSR count). The van der Waals surface area contributed by atoms with Crippen LogP contribution in [0.15, 0.2) is 53.4 Å². The monoisotopic (exact) mass is 317 g/mol. The fraction of sp³-hybridized carbons (Fsp3) is 0.278. The van der Waals surface area contributed by atoms with E-state index in [0.29, 0.717) is 4.90 Å². The van der Waals surface area contributed by atoms with Crippen molar-refractivity contribution in [2.45, 2.75) is 32.6 Å². The van der Waals surface area contributed by atoms with Gasteiger partial charge < -0.3 is 0 Å². The molecule has 0 fully saturated rings. The minimum absolute atomic E-state index is 0.378. The number of rotatable bonds is 1. The van der Waals surface area contributed by atoms with Crippen molar-refractivity contribution in [2.24, 2.45) is 0 Å². The Hall–Kier alpha value is -2.12. The third-order valence-electron chi connectivity index (χ3n) is 2.60. The first-order valence-electron chi connectivity index (χ1n) is 7.06. The molecule has 0 spiro atoms. The van der Waals surface area contributed by atoms with E-state index in [-0.39, 0.29) is 0 Å². The maximum Gasteiger partial charge on any atom is 0.175 e. The van der Waals surface area contributed by atoms with Gasteiger partial charge in [0.05, 0.1) is 16.5 Å². The highest BCUT2D eigenvalue weighted by atomic mass is 32.2. The Balaban J connectivity index is 0.000000366. The molecule has 0 heterocycles. The van der Waals surface area contributed by atoms with Crippen molar-refractivity contribution in [3.63, 3.8) is 0 Å². The van der Waals surface area contributed by atoms with Crippen LogP contribution in [0.25, 0.3) is 0 Å². The summed E-state index contributed by atoms with van der Waals surface area (Å²) in [6, 6.07) is 16.4. The molecular weight excluding hydrogens is 294 g/mol. The predicted octanol–water partition coefficient (Wildman–Crippen LogP) is 4.29. The van der Waals surface area contributed by atoms with Crippen molar-refractivity contribution < 1.29 is 8.42 Å². The molecule has 4 heteroatoms. The minimum atomic E-state index is -3.02. The molecule has 118 valence electrons. The van der Waals surface area contributed by atoms with Crippen LogP contribution in [0.3, 0.4) is 0 Å². The topological polar surface area (TPSA) is 57.9 Å². The summed E-state index contributed by atoms with van der Waals surface area (Å²) < 4.78 is 21.9. The summed E-state index contributed by atoms with van der Waals surface area (Å²) in [6.07, 6.45) is 1.21. The second-order valence-electron chi connectivity index (χ2n) is 4.57. The van der Waals surface area contributed by atoms with Gasteiger partial charge in [0, 0.05) is 6.26 Å². The van der Waals surface area contributed by atoms with Crippen molar-refractivity contribution in [2.75, 3.05) is 6.26 Å². The van der Waals surface area contributed by atoms with Gasteiger partial charge in [-0.05, 0) is 43.7 Å². The lowest BCUT2D eigenvalue weighted by molar-refractivity contribution is 0.602. The van der Waals surface area contributed by atoms with Crippen molar-refractivity contribution in [3.8, 4) is 6.07 Å². The first-order valence-corrected chi connectivity index (χ1v) is 8.95. The molecule has 0 aliphatic rings. The number of hydrogen-bond acceptors (Lipinski definition) is 3. The Kier molecular flexibility index (Phi) is 8.81. The number of hydrogen-bond donors (Lipinski definition) is 0. The van der Waals surface area contributed by atoms with Crippen LogP contribution in [-0.2, 0) is 9.84 Å². The number of nitriles is 1. The van der Waals surface area contributed by atoms with Gasteiger partial charge in [-0.1, -0.05) is 43.7 Å². The molecule has 0 bridgehead atoms. The minimum Gasteiger partial charge on any atom is -0.224 e. The third kappa shape index (κ3) is 7.61. The predicted molar refractivity (Wildman–Crippen MR) is 91.5 cm³/mol. The molecular formula is C18H23NO2S. The molecule has 22 heavy (non-hydrogen) atoms. The quantitative estimate of drug-likeness (QED) is 0.788. The Labute approximate surface area is 134 Å². The molecule has 0 N–H and O–H groups in total. The Morgan fingerprint density at radius 1 is 0.909 bits per heavy atom. The number of sulfone groups is 1. The molecule has 0 saturated carbocycles. The summed E-state index contributed by atoms with van der Waals surface area (Å²) in [5, 5.41) is 8.41. The average molecular weight is 317 g/mol. The summed E-state index contributed by atoms with van der Waals surface area (Å²) in [5.74, 6) is 0. The second kappa shape index (κ2) is 9.75. The maximum absolute atomic E-state index is 10.9. The first-order chi connectivity index (χ1) is 10.3. The zero-order valence-corrected chi connectivity index (χ0v) is 14.6. The van der Waals surface area contributed by atoms with Crippen molar-refractivity contribution in [1.29, 1.82) is 5.26 Å². The maximum atomic E-state index is 10.9. The summed E-state index contributed by atoms with van der Waals surface area (Å²) in [7, 11) is -3.02. The third-order valence-corrected chi connectivity index (χ3v) is 3.72. The summed E-state index contributed by atoms with van der Waals surface area (Å²) in [5.41, 5.74) is 2.93. The van der Waals surface area contributed by atoms with Gasteiger partial charge in [-0.2, -0.15) is 5.26 Å². The highest BCUT2D eigenvalue weighted by molar-refractivity contribution is 7.90. The molecule has 0 aromatic heterocycles. The van der Waals surface area contributed by atoms with E-state index in [1.54, 1.807) is 30.3 Å². The van der Waals surface area contributed by atoms with Crippen LogP contribution in [0, 0.1) is 25.2 Å².